The molecule has 0 bridgehead atoms. The fourth-order valence-corrected chi connectivity index (χ4v) is 2.56. The second-order valence-corrected chi connectivity index (χ2v) is 5.92. The minimum atomic E-state index is -0.160. The van der Waals surface area contributed by atoms with Crippen LogP contribution in [0.25, 0.3) is 0 Å². The van der Waals surface area contributed by atoms with Crippen molar-refractivity contribution in [3.05, 3.63) is 71.1 Å². The molecule has 6 nitrogen and oxygen atoms in total. The molecular formula is C20H21N3O3. The van der Waals surface area contributed by atoms with E-state index in [0.29, 0.717) is 12.1 Å². The Labute approximate surface area is 152 Å². The minimum Gasteiger partial charge on any atom is -0.497 e. The molecule has 1 amide bonds. The molecule has 0 aliphatic heterocycles. The Morgan fingerprint density at radius 2 is 1.69 bits per heavy atom. The number of anilines is 2. The van der Waals surface area contributed by atoms with Gasteiger partial charge in [0.2, 0.25) is 0 Å². The van der Waals surface area contributed by atoms with Crippen molar-refractivity contribution in [2.45, 2.75) is 20.4 Å². The normalized spacial score (nSPS) is 10.4. The third kappa shape index (κ3) is 4.03. The summed E-state index contributed by atoms with van der Waals surface area (Å²) in [4.78, 5) is 12.3. The van der Waals surface area contributed by atoms with E-state index in [9.17, 15) is 4.79 Å². The van der Waals surface area contributed by atoms with Crippen molar-refractivity contribution >= 4 is 17.3 Å². The Morgan fingerprint density at radius 1 is 1.04 bits per heavy atom. The maximum absolute atomic E-state index is 12.3. The van der Waals surface area contributed by atoms with E-state index in [1.807, 2.05) is 26.0 Å². The van der Waals surface area contributed by atoms with Gasteiger partial charge in [-0.05, 0) is 62.4 Å². The molecule has 2 aromatic carbocycles. The Hall–Kier alpha value is -3.28. The summed E-state index contributed by atoms with van der Waals surface area (Å²) in [6.07, 6.45) is 0. The van der Waals surface area contributed by atoms with Crippen molar-refractivity contribution in [3.63, 3.8) is 0 Å². The van der Waals surface area contributed by atoms with Gasteiger partial charge in [-0.2, -0.15) is 0 Å². The molecule has 0 saturated carbocycles. The Morgan fingerprint density at radius 3 is 2.27 bits per heavy atom. The first kappa shape index (κ1) is 17.5. The van der Waals surface area contributed by atoms with Crippen molar-refractivity contribution in [1.29, 1.82) is 0 Å². The highest BCUT2D eigenvalue weighted by Gasteiger charge is 2.09. The molecule has 0 atom stereocenters. The second-order valence-electron chi connectivity index (χ2n) is 5.92. The second kappa shape index (κ2) is 7.74. The van der Waals surface area contributed by atoms with E-state index >= 15 is 0 Å². The minimum absolute atomic E-state index is 0.160. The molecule has 134 valence electrons. The van der Waals surface area contributed by atoms with E-state index in [0.717, 1.165) is 34.1 Å². The number of amides is 1. The highest BCUT2D eigenvalue weighted by Crippen LogP contribution is 2.18. The molecular weight excluding hydrogens is 330 g/mol. The van der Waals surface area contributed by atoms with Gasteiger partial charge in [-0.25, -0.2) is 0 Å². The largest absolute Gasteiger partial charge is 0.497 e. The van der Waals surface area contributed by atoms with Gasteiger partial charge >= 0.3 is 0 Å². The number of methoxy groups -OCH3 is 1. The third-order valence-electron chi connectivity index (χ3n) is 4.15. The van der Waals surface area contributed by atoms with Crippen molar-refractivity contribution in [2.24, 2.45) is 0 Å². The van der Waals surface area contributed by atoms with Gasteiger partial charge in [-0.1, -0.05) is 5.16 Å². The zero-order valence-corrected chi connectivity index (χ0v) is 15.0. The molecule has 0 saturated heterocycles. The fraction of sp³-hybridized carbons (Fsp3) is 0.200. The van der Waals surface area contributed by atoms with Gasteiger partial charge in [-0.15, -0.1) is 0 Å². The van der Waals surface area contributed by atoms with Gasteiger partial charge in [0, 0.05) is 29.0 Å². The molecule has 1 heterocycles. The van der Waals surface area contributed by atoms with E-state index in [1.54, 1.807) is 43.5 Å². The molecule has 6 heteroatoms. The Kier molecular flexibility index (Phi) is 5.22. The summed E-state index contributed by atoms with van der Waals surface area (Å²) in [5.74, 6) is 1.40. The smallest absolute Gasteiger partial charge is 0.255 e. The Bertz CT molecular complexity index is 864. The number of carbonyl (C=O) groups excluding carboxylic acids is 1. The van der Waals surface area contributed by atoms with E-state index in [-0.39, 0.29) is 5.91 Å². The maximum Gasteiger partial charge on any atom is 0.255 e. The van der Waals surface area contributed by atoms with Gasteiger partial charge in [0.05, 0.1) is 12.8 Å². The molecule has 0 fully saturated rings. The van der Waals surface area contributed by atoms with Crippen molar-refractivity contribution in [2.75, 3.05) is 17.7 Å². The first-order valence-electron chi connectivity index (χ1n) is 8.28. The summed E-state index contributed by atoms with van der Waals surface area (Å²) in [5.41, 5.74) is 4.16. The highest BCUT2D eigenvalue weighted by molar-refractivity contribution is 6.04. The summed E-state index contributed by atoms with van der Waals surface area (Å²) >= 11 is 0. The quantitative estimate of drug-likeness (QED) is 0.697. The zero-order chi connectivity index (χ0) is 18.5. The third-order valence-corrected chi connectivity index (χ3v) is 4.15. The van der Waals surface area contributed by atoms with Crippen LogP contribution in [0.15, 0.2) is 53.1 Å². The monoisotopic (exact) mass is 351 g/mol. The summed E-state index contributed by atoms with van der Waals surface area (Å²) in [6, 6.07) is 14.5. The number of hydrogen-bond acceptors (Lipinski definition) is 5. The van der Waals surface area contributed by atoms with Crippen molar-refractivity contribution in [3.8, 4) is 5.75 Å². The average Bonchev–Trinajstić information content (AvgIpc) is 2.99. The SMILES string of the molecule is COc1ccc(NC(=O)c2ccc(NCc3c(C)noc3C)cc2)cc1. The summed E-state index contributed by atoms with van der Waals surface area (Å²) in [5, 5.41) is 10.1. The molecule has 0 radical (unpaired) electrons. The van der Waals surface area contributed by atoms with Crippen LogP contribution in [0.1, 0.15) is 27.4 Å². The molecule has 3 rings (SSSR count). The van der Waals surface area contributed by atoms with Crippen LogP contribution in [0.4, 0.5) is 11.4 Å². The number of ether oxygens (including phenoxy) is 1. The number of benzene rings is 2. The number of rotatable bonds is 6. The zero-order valence-electron chi connectivity index (χ0n) is 15.0. The van der Waals surface area contributed by atoms with Crippen LogP contribution in [0.5, 0.6) is 5.75 Å². The topological polar surface area (TPSA) is 76.4 Å². The summed E-state index contributed by atoms with van der Waals surface area (Å²) < 4.78 is 10.3. The number of carbonyl (C=O) groups is 1. The maximum atomic E-state index is 12.3. The summed E-state index contributed by atoms with van der Waals surface area (Å²) in [7, 11) is 1.61. The standard InChI is InChI=1S/C20H21N3O3/c1-13-19(14(2)26-23-13)12-21-16-6-4-15(5-7-16)20(24)22-17-8-10-18(25-3)11-9-17/h4-11,21H,12H2,1-3H3,(H,22,24). The first-order valence-corrected chi connectivity index (χ1v) is 8.28. The van der Waals surface area contributed by atoms with Crippen LogP contribution in [0.2, 0.25) is 0 Å². The van der Waals surface area contributed by atoms with E-state index < -0.39 is 0 Å². The molecule has 3 aromatic rings. The van der Waals surface area contributed by atoms with Gasteiger partial charge in [-0.3, -0.25) is 4.79 Å². The fourth-order valence-electron chi connectivity index (χ4n) is 2.56. The lowest BCUT2D eigenvalue weighted by Crippen LogP contribution is -2.11. The number of nitrogens with zero attached hydrogens (tertiary/aromatic N) is 1. The van der Waals surface area contributed by atoms with Gasteiger partial charge in [0.15, 0.2) is 0 Å². The Balaban J connectivity index is 1.60. The van der Waals surface area contributed by atoms with Gasteiger partial charge in [0.25, 0.3) is 5.91 Å². The first-order chi connectivity index (χ1) is 12.6. The van der Waals surface area contributed by atoms with Crippen LogP contribution in [-0.2, 0) is 6.54 Å². The molecule has 0 spiro atoms. The van der Waals surface area contributed by atoms with Gasteiger partial charge < -0.3 is 19.9 Å². The molecule has 0 aliphatic rings. The lowest BCUT2D eigenvalue weighted by Gasteiger charge is -2.09. The van der Waals surface area contributed by atoms with Crippen LogP contribution in [-0.4, -0.2) is 18.2 Å². The number of hydrogen-bond donors (Lipinski definition) is 2. The summed E-state index contributed by atoms with van der Waals surface area (Å²) in [6.45, 7) is 4.43. The number of aryl methyl sites for hydroxylation is 2. The molecule has 0 unspecified atom stereocenters. The molecule has 0 aliphatic carbocycles. The molecule has 26 heavy (non-hydrogen) atoms. The van der Waals surface area contributed by atoms with Crippen LogP contribution < -0.4 is 15.4 Å². The number of nitrogens with one attached hydrogen (secondary N) is 2. The van der Waals surface area contributed by atoms with E-state index in [1.165, 1.54) is 0 Å². The van der Waals surface area contributed by atoms with Gasteiger partial charge in [0.1, 0.15) is 11.5 Å². The van der Waals surface area contributed by atoms with Crippen LogP contribution in [0.3, 0.4) is 0 Å². The lowest BCUT2D eigenvalue weighted by atomic mass is 10.1. The van der Waals surface area contributed by atoms with Crippen LogP contribution in [0, 0.1) is 13.8 Å². The predicted octanol–water partition coefficient (Wildman–Crippen LogP) is 4.16. The predicted molar refractivity (Wildman–Crippen MR) is 101 cm³/mol. The lowest BCUT2D eigenvalue weighted by molar-refractivity contribution is 0.102. The van der Waals surface area contributed by atoms with Crippen LogP contribution >= 0.6 is 0 Å². The molecule has 1 aromatic heterocycles. The number of aromatic nitrogens is 1. The van der Waals surface area contributed by atoms with Crippen molar-refractivity contribution < 1.29 is 14.1 Å². The average molecular weight is 351 g/mol. The van der Waals surface area contributed by atoms with E-state index in [2.05, 4.69) is 15.8 Å². The van der Waals surface area contributed by atoms with Crippen molar-refractivity contribution in [1.82, 2.24) is 5.16 Å². The highest BCUT2D eigenvalue weighted by atomic mass is 16.5. The molecule has 2 N–H and O–H groups in total. The van der Waals surface area contributed by atoms with E-state index in [4.69, 9.17) is 9.26 Å².